The maximum absolute atomic E-state index is 14.1. The minimum absolute atomic E-state index is 0.183. The number of allylic oxidation sites excluding steroid dienone is 3. The molecule has 10 heteroatoms. The van der Waals surface area contributed by atoms with Crippen LogP contribution in [0.3, 0.4) is 0 Å². The van der Waals surface area contributed by atoms with Crippen molar-refractivity contribution in [3.63, 3.8) is 0 Å². The molecule has 0 atom stereocenters. The van der Waals surface area contributed by atoms with Crippen molar-refractivity contribution in [3.8, 4) is 40.2 Å². The number of ether oxygens (including phenoxy) is 6. The summed E-state index contributed by atoms with van der Waals surface area (Å²) in [5.41, 5.74) is 0.758. The molecule has 0 bridgehead atoms. The van der Waals surface area contributed by atoms with Crippen molar-refractivity contribution >= 4 is 29.8 Å². The zero-order valence-corrected chi connectivity index (χ0v) is 24.0. The Morgan fingerprint density at radius 3 is 1.38 bits per heavy atom. The summed E-state index contributed by atoms with van der Waals surface area (Å²) >= 11 is 0. The predicted molar refractivity (Wildman–Crippen MR) is 156 cm³/mol. The summed E-state index contributed by atoms with van der Waals surface area (Å²) in [5, 5.41) is 9.57. The number of phenols is 1. The van der Waals surface area contributed by atoms with Gasteiger partial charge in [-0.2, -0.15) is 0 Å². The largest absolute Gasteiger partial charge is 0.505 e. The Balaban J connectivity index is 2.08. The number of rotatable bonds is 13. The molecule has 0 spiro atoms. The molecule has 0 saturated carbocycles. The number of ketones is 2. The van der Waals surface area contributed by atoms with Crippen molar-refractivity contribution in [3.05, 3.63) is 82.7 Å². The second kappa shape index (κ2) is 14.4. The van der Waals surface area contributed by atoms with Gasteiger partial charge < -0.3 is 33.5 Å². The highest BCUT2D eigenvalue weighted by atomic mass is 19.1. The van der Waals surface area contributed by atoms with Crippen LogP contribution in [0.5, 0.6) is 40.2 Å². The first-order valence-electron chi connectivity index (χ1n) is 12.4. The number of hydrogen-bond acceptors (Lipinski definition) is 9. The van der Waals surface area contributed by atoms with Crippen molar-refractivity contribution in [1.29, 1.82) is 0 Å². The average molecular weight is 579 g/mol. The normalized spacial score (nSPS) is 10.8. The van der Waals surface area contributed by atoms with Gasteiger partial charge in [-0.25, -0.2) is 4.39 Å². The summed E-state index contributed by atoms with van der Waals surface area (Å²) in [4.78, 5) is 26.9. The highest BCUT2D eigenvalue weighted by molar-refractivity contribution is 6.31. The van der Waals surface area contributed by atoms with Crippen molar-refractivity contribution in [2.75, 3.05) is 42.7 Å². The van der Waals surface area contributed by atoms with Crippen molar-refractivity contribution in [2.45, 2.75) is 0 Å². The number of carbonyl (C=O) groups is 2. The number of hydrogen-bond donors (Lipinski definition) is 1. The van der Waals surface area contributed by atoms with Crippen molar-refractivity contribution in [1.82, 2.24) is 0 Å². The van der Waals surface area contributed by atoms with Crippen LogP contribution in [0.2, 0.25) is 0 Å². The number of benzene rings is 3. The maximum Gasteiger partial charge on any atom is 0.189 e. The van der Waals surface area contributed by atoms with Gasteiger partial charge in [0.2, 0.25) is 0 Å². The van der Waals surface area contributed by atoms with Gasteiger partial charge in [0.25, 0.3) is 0 Å². The van der Waals surface area contributed by atoms with Crippen LogP contribution in [-0.4, -0.2) is 59.3 Å². The number of aromatic hydroxyl groups is 1. The molecule has 0 amide bonds. The molecule has 1 N–H and O–H groups in total. The molecule has 0 aliphatic carbocycles. The Bertz CT molecular complexity index is 1420. The first kappa shape index (κ1) is 31.3. The van der Waals surface area contributed by atoms with E-state index >= 15 is 0 Å². The first-order chi connectivity index (χ1) is 20.2. The summed E-state index contributed by atoms with van der Waals surface area (Å²) in [5.74, 6) is -0.426. The van der Waals surface area contributed by atoms with Crippen molar-refractivity contribution < 1.29 is 47.5 Å². The second-order valence-corrected chi connectivity index (χ2v) is 8.56. The molecule has 220 valence electrons. The maximum atomic E-state index is 14.1. The summed E-state index contributed by atoms with van der Waals surface area (Å²) in [6.45, 7) is 0. The molecular formula is C32H31FO9. The van der Waals surface area contributed by atoms with Gasteiger partial charge in [-0.3, -0.25) is 9.59 Å². The Labute approximate surface area is 243 Å². The van der Waals surface area contributed by atoms with Crippen LogP contribution in [-0.2, 0) is 9.59 Å². The van der Waals surface area contributed by atoms with Crippen molar-refractivity contribution in [2.24, 2.45) is 0 Å². The van der Waals surface area contributed by atoms with E-state index < -0.39 is 23.1 Å². The molecule has 0 aliphatic heterocycles. The van der Waals surface area contributed by atoms with Gasteiger partial charge in [-0.15, -0.1) is 0 Å². The predicted octanol–water partition coefficient (Wildman–Crippen LogP) is 5.53. The van der Waals surface area contributed by atoms with Gasteiger partial charge in [0.05, 0.1) is 59.4 Å². The Hall–Kier alpha value is -5.25. The molecular weight excluding hydrogens is 547 g/mol. The third kappa shape index (κ3) is 7.28. The molecule has 0 aliphatic rings. The minimum Gasteiger partial charge on any atom is -0.505 e. The number of phenolic OH excluding ortho intramolecular Hbond substituents is 1. The van der Waals surface area contributed by atoms with Gasteiger partial charge in [-0.1, -0.05) is 6.07 Å². The molecule has 0 saturated heterocycles. The quantitative estimate of drug-likeness (QED) is 0.159. The topological polar surface area (TPSA) is 110 Å². The molecule has 42 heavy (non-hydrogen) atoms. The van der Waals surface area contributed by atoms with Crippen LogP contribution in [0, 0.1) is 5.82 Å². The molecule has 3 aromatic rings. The molecule has 0 aromatic heterocycles. The minimum atomic E-state index is -0.908. The number of halogens is 1. The molecule has 0 unspecified atom stereocenters. The van der Waals surface area contributed by atoms with Crippen LogP contribution < -0.4 is 28.4 Å². The fourth-order valence-electron chi connectivity index (χ4n) is 3.93. The van der Waals surface area contributed by atoms with Crippen LogP contribution in [0.25, 0.3) is 18.2 Å². The molecule has 0 fully saturated rings. The van der Waals surface area contributed by atoms with Crippen LogP contribution in [0.1, 0.15) is 16.7 Å². The van der Waals surface area contributed by atoms with E-state index in [0.717, 1.165) is 12.1 Å². The van der Waals surface area contributed by atoms with E-state index in [1.807, 2.05) is 0 Å². The fraction of sp³-hybridized carbons (Fsp3) is 0.188. The van der Waals surface area contributed by atoms with E-state index in [-0.39, 0.29) is 11.1 Å². The number of methoxy groups -OCH3 is 6. The van der Waals surface area contributed by atoms with E-state index in [2.05, 4.69) is 0 Å². The van der Waals surface area contributed by atoms with Gasteiger partial charge in [0, 0.05) is 24.3 Å². The fourth-order valence-corrected chi connectivity index (χ4v) is 3.93. The standard InChI is InChI=1S/C32H31FO9/c1-37-20-15-29(39-3)22(30(16-20)40-4)8-11-26(34)24(13-19-7-10-28(36)25(33)14-19)27(35)12-9-23-31(41-5)17-21(38-2)18-32(23)42-6/h7-18,36H,1-6H3/b11-8+,12-9+. The Morgan fingerprint density at radius 1 is 0.643 bits per heavy atom. The summed E-state index contributed by atoms with van der Waals surface area (Å²) in [7, 11) is 8.80. The Kier molecular flexibility index (Phi) is 10.7. The van der Waals surface area contributed by atoms with E-state index in [1.165, 1.54) is 79.1 Å². The smallest absolute Gasteiger partial charge is 0.189 e. The SMILES string of the molecule is COc1cc(OC)c(/C=C/C(=O)C(=Cc2ccc(O)c(F)c2)C(=O)/C=C/c2c(OC)cc(OC)cc2OC)c(OC)c1. The summed E-state index contributed by atoms with van der Waals surface area (Å²) in [6, 6.07) is 9.97. The third-order valence-electron chi connectivity index (χ3n) is 6.12. The van der Waals surface area contributed by atoms with Crippen LogP contribution >= 0.6 is 0 Å². The van der Waals surface area contributed by atoms with Gasteiger partial charge in [0.1, 0.15) is 34.5 Å². The summed E-state index contributed by atoms with van der Waals surface area (Å²) in [6.07, 6.45) is 6.47. The zero-order valence-electron chi connectivity index (χ0n) is 24.0. The lowest BCUT2D eigenvalue weighted by Crippen LogP contribution is -2.09. The van der Waals surface area contributed by atoms with E-state index in [4.69, 9.17) is 28.4 Å². The highest BCUT2D eigenvalue weighted by Gasteiger charge is 2.18. The van der Waals surface area contributed by atoms with Crippen LogP contribution in [0.15, 0.2) is 60.2 Å². The lowest BCUT2D eigenvalue weighted by molar-refractivity contribution is -0.116. The third-order valence-corrected chi connectivity index (χ3v) is 6.12. The molecule has 0 heterocycles. The van der Waals surface area contributed by atoms with Crippen LogP contribution in [0.4, 0.5) is 4.39 Å². The lowest BCUT2D eigenvalue weighted by atomic mass is 10.00. The average Bonchev–Trinajstić information content (AvgIpc) is 3.01. The molecule has 9 nitrogen and oxygen atoms in total. The second-order valence-electron chi connectivity index (χ2n) is 8.56. The van der Waals surface area contributed by atoms with E-state index in [9.17, 15) is 19.1 Å². The van der Waals surface area contributed by atoms with E-state index in [0.29, 0.717) is 45.6 Å². The van der Waals surface area contributed by atoms with E-state index in [1.54, 1.807) is 24.3 Å². The van der Waals surface area contributed by atoms with Gasteiger partial charge in [0.15, 0.2) is 23.1 Å². The monoisotopic (exact) mass is 578 g/mol. The first-order valence-corrected chi connectivity index (χ1v) is 12.4. The zero-order chi connectivity index (χ0) is 30.8. The van der Waals surface area contributed by atoms with Gasteiger partial charge in [-0.05, 0) is 48.1 Å². The highest BCUT2D eigenvalue weighted by Crippen LogP contribution is 2.36. The molecule has 3 aromatic carbocycles. The van der Waals surface area contributed by atoms with Gasteiger partial charge >= 0.3 is 0 Å². The molecule has 3 rings (SSSR count). The Morgan fingerprint density at radius 2 is 1.05 bits per heavy atom. The summed E-state index contributed by atoms with van der Waals surface area (Å²) < 4.78 is 46.3. The number of carbonyl (C=O) groups excluding carboxylic acids is 2. The molecule has 0 radical (unpaired) electrons. The lowest BCUT2D eigenvalue weighted by Gasteiger charge is -2.13.